The number of rotatable bonds is 6. The molecule has 0 bridgehead atoms. The molecule has 0 aromatic heterocycles. The van der Waals surface area contributed by atoms with Gasteiger partial charge in [-0.25, -0.2) is 9.18 Å². The van der Waals surface area contributed by atoms with Gasteiger partial charge in [0.15, 0.2) is 0 Å². The Kier molecular flexibility index (Phi) is 5.09. The third-order valence-corrected chi connectivity index (χ3v) is 2.62. The van der Waals surface area contributed by atoms with E-state index >= 15 is 0 Å². The van der Waals surface area contributed by atoms with Crippen LogP contribution in [-0.2, 0) is 0 Å². The van der Waals surface area contributed by atoms with Crippen molar-refractivity contribution < 1.29 is 14.3 Å². The van der Waals surface area contributed by atoms with E-state index in [1.807, 2.05) is 21.0 Å². The van der Waals surface area contributed by atoms with Crippen molar-refractivity contribution in [2.24, 2.45) is 0 Å². The van der Waals surface area contributed by atoms with Gasteiger partial charge in [-0.1, -0.05) is 0 Å². The minimum atomic E-state index is -1.25. The van der Waals surface area contributed by atoms with E-state index in [-0.39, 0.29) is 11.6 Å². The topological polar surface area (TPSA) is 52.6 Å². The van der Waals surface area contributed by atoms with Crippen LogP contribution in [0.1, 0.15) is 23.7 Å². The number of hydrogen-bond acceptors (Lipinski definition) is 3. The molecule has 0 aliphatic heterocycles. The van der Waals surface area contributed by atoms with Gasteiger partial charge in [0.05, 0.1) is 5.56 Å². The first kappa shape index (κ1) is 14.4. The third kappa shape index (κ3) is 4.33. The van der Waals surface area contributed by atoms with E-state index in [2.05, 4.69) is 10.2 Å². The Labute approximate surface area is 106 Å². The molecular formula is C13H19FN2O2. The van der Waals surface area contributed by atoms with Crippen molar-refractivity contribution in [3.8, 4) is 0 Å². The molecular weight excluding hydrogens is 235 g/mol. The third-order valence-electron chi connectivity index (χ3n) is 2.62. The summed E-state index contributed by atoms with van der Waals surface area (Å²) in [5.41, 5.74) is 0.297. The molecule has 2 N–H and O–H groups in total. The highest BCUT2D eigenvalue weighted by Gasteiger charge is 2.11. The number of anilines is 1. The molecule has 0 amide bonds. The second-order valence-corrected chi connectivity index (χ2v) is 4.64. The number of halogens is 1. The van der Waals surface area contributed by atoms with E-state index in [1.165, 1.54) is 12.1 Å². The summed E-state index contributed by atoms with van der Waals surface area (Å²) >= 11 is 0. The number of hydrogen-bond donors (Lipinski definition) is 2. The predicted molar refractivity (Wildman–Crippen MR) is 69.6 cm³/mol. The Morgan fingerprint density at radius 3 is 2.67 bits per heavy atom. The SMILES string of the molecule is CC(CCN(C)C)Nc1ccc(C(=O)O)c(F)c1. The molecule has 0 aliphatic carbocycles. The van der Waals surface area contributed by atoms with Crippen molar-refractivity contribution in [3.05, 3.63) is 29.6 Å². The summed E-state index contributed by atoms with van der Waals surface area (Å²) in [7, 11) is 3.99. The zero-order valence-corrected chi connectivity index (χ0v) is 10.9. The summed E-state index contributed by atoms with van der Waals surface area (Å²) in [4.78, 5) is 12.7. The fraction of sp³-hybridized carbons (Fsp3) is 0.462. The lowest BCUT2D eigenvalue weighted by atomic mass is 10.1. The van der Waals surface area contributed by atoms with Gasteiger partial charge in [0.25, 0.3) is 0 Å². The van der Waals surface area contributed by atoms with E-state index in [1.54, 1.807) is 6.07 Å². The van der Waals surface area contributed by atoms with Crippen molar-refractivity contribution in [3.63, 3.8) is 0 Å². The molecule has 100 valence electrons. The zero-order valence-electron chi connectivity index (χ0n) is 10.9. The first-order valence-corrected chi connectivity index (χ1v) is 5.84. The Balaban J connectivity index is 2.63. The Morgan fingerprint density at radius 2 is 2.17 bits per heavy atom. The fourth-order valence-electron chi connectivity index (χ4n) is 1.59. The smallest absolute Gasteiger partial charge is 0.338 e. The molecule has 1 aromatic carbocycles. The molecule has 1 rings (SSSR count). The van der Waals surface area contributed by atoms with E-state index < -0.39 is 11.8 Å². The molecule has 0 radical (unpaired) electrons. The van der Waals surface area contributed by atoms with Crippen LogP contribution in [0.5, 0.6) is 0 Å². The number of carboxylic acid groups (broad SMARTS) is 1. The maximum Gasteiger partial charge on any atom is 0.338 e. The quantitative estimate of drug-likeness (QED) is 0.817. The maximum atomic E-state index is 13.4. The summed E-state index contributed by atoms with van der Waals surface area (Å²) in [6.45, 7) is 2.94. The van der Waals surface area contributed by atoms with Crippen LogP contribution in [0, 0.1) is 5.82 Å². The molecule has 0 fully saturated rings. The predicted octanol–water partition coefficient (Wildman–Crippen LogP) is 2.28. The first-order chi connectivity index (χ1) is 8.40. The summed E-state index contributed by atoms with van der Waals surface area (Å²) in [6.07, 6.45) is 0.926. The Morgan fingerprint density at radius 1 is 1.50 bits per heavy atom. The number of aromatic carboxylic acids is 1. The van der Waals surface area contributed by atoms with E-state index in [0.29, 0.717) is 5.69 Å². The highest BCUT2D eigenvalue weighted by molar-refractivity contribution is 5.88. The van der Waals surface area contributed by atoms with Gasteiger partial charge >= 0.3 is 5.97 Å². The van der Waals surface area contributed by atoms with Crippen LogP contribution in [-0.4, -0.2) is 42.7 Å². The Hall–Kier alpha value is -1.62. The van der Waals surface area contributed by atoms with Gasteiger partial charge in [-0.15, -0.1) is 0 Å². The van der Waals surface area contributed by atoms with E-state index in [0.717, 1.165) is 13.0 Å². The molecule has 18 heavy (non-hydrogen) atoms. The van der Waals surface area contributed by atoms with E-state index in [4.69, 9.17) is 5.11 Å². The van der Waals surface area contributed by atoms with Crippen LogP contribution in [0.3, 0.4) is 0 Å². The van der Waals surface area contributed by atoms with Crippen LogP contribution in [0.2, 0.25) is 0 Å². The highest BCUT2D eigenvalue weighted by Crippen LogP contribution is 2.16. The fourth-order valence-corrected chi connectivity index (χ4v) is 1.59. The average molecular weight is 254 g/mol. The minimum absolute atomic E-state index is 0.197. The zero-order chi connectivity index (χ0) is 13.7. The molecule has 4 nitrogen and oxygen atoms in total. The lowest BCUT2D eigenvalue weighted by Crippen LogP contribution is -2.23. The summed E-state index contributed by atoms with van der Waals surface area (Å²) in [5.74, 6) is -1.97. The number of carboxylic acids is 1. The second-order valence-electron chi connectivity index (χ2n) is 4.64. The van der Waals surface area contributed by atoms with Gasteiger partial charge in [0.1, 0.15) is 5.82 Å². The van der Waals surface area contributed by atoms with Crippen molar-refractivity contribution in [2.75, 3.05) is 26.0 Å². The number of carbonyl (C=O) groups is 1. The molecule has 0 aliphatic rings. The van der Waals surface area contributed by atoms with Crippen molar-refractivity contribution >= 4 is 11.7 Å². The van der Waals surface area contributed by atoms with Crippen molar-refractivity contribution in [1.29, 1.82) is 0 Å². The number of benzene rings is 1. The lowest BCUT2D eigenvalue weighted by Gasteiger charge is -2.18. The monoisotopic (exact) mass is 254 g/mol. The molecule has 0 spiro atoms. The standard InChI is InChI=1S/C13H19FN2O2/c1-9(6-7-16(2)3)15-10-4-5-11(13(17)18)12(14)8-10/h4-5,8-9,15H,6-7H2,1-3H3,(H,17,18). The maximum absolute atomic E-state index is 13.4. The van der Waals surface area contributed by atoms with Gasteiger partial charge in [-0.05, 0) is 52.2 Å². The van der Waals surface area contributed by atoms with E-state index in [9.17, 15) is 9.18 Å². The Bertz CT molecular complexity index is 421. The van der Waals surface area contributed by atoms with Crippen LogP contribution in [0.15, 0.2) is 18.2 Å². The largest absolute Gasteiger partial charge is 0.478 e. The summed E-state index contributed by atoms with van der Waals surface area (Å²) < 4.78 is 13.4. The van der Waals surface area contributed by atoms with Crippen molar-refractivity contribution in [2.45, 2.75) is 19.4 Å². The summed E-state index contributed by atoms with van der Waals surface area (Å²) in [5, 5.41) is 11.9. The first-order valence-electron chi connectivity index (χ1n) is 5.84. The van der Waals surface area contributed by atoms with Crippen LogP contribution < -0.4 is 5.32 Å². The van der Waals surface area contributed by atoms with Gasteiger partial charge in [-0.3, -0.25) is 0 Å². The lowest BCUT2D eigenvalue weighted by molar-refractivity contribution is 0.0692. The molecule has 0 saturated carbocycles. The number of nitrogens with zero attached hydrogens (tertiary/aromatic N) is 1. The molecule has 1 unspecified atom stereocenters. The van der Waals surface area contributed by atoms with Gasteiger partial charge in [0.2, 0.25) is 0 Å². The average Bonchev–Trinajstić information content (AvgIpc) is 2.26. The van der Waals surface area contributed by atoms with Crippen LogP contribution in [0.25, 0.3) is 0 Å². The second kappa shape index (κ2) is 6.35. The van der Waals surface area contributed by atoms with Gasteiger partial charge in [-0.2, -0.15) is 0 Å². The van der Waals surface area contributed by atoms with Crippen molar-refractivity contribution in [1.82, 2.24) is 4.90 Å². The van der Waals surface area contributed by atoms with Crippen LogP contribution >= 0.6 is 0 Å². The number of nitrogens with one attached hydrogen (secondary N) is 1. The molecule has 1 atom stereocenters. The molecule has 1 aromatic rings. The molecule has 0 saturated heterocycles. The highest BCUT2D eigenvalue weighted by atomic mass is 19.1. The normalized spacial score (nSPS) is 12.5. The van der Waals surface area contributed by atoms with Gasteiger partial charge < -0.3 is 15.3 Å². The molecule has 5 heteroatoms. The minimum Gasteiger partial charge on any atom is -0.478 e. The summed E-state index contributed by atoms with van der Waals surface area (Å²) in [6, 6.07) is 4.27. The van der Waals surface area contributed by atoms with Crippen LogP contribution in [0.4, 0.5) is 10.1 Å². The van der Waals surface area contributed by atoms with Gasteiger partial charge in [0, 0.05) is 11.7 Å². The molecule has 0 heterocycles.